The Morgan fingerprint density at radius 1 is 1.29 bits per heavy atom. The monoisotopic (exact) mass is 203 g/mol. The number of carboxylic acids is 1. The van der Waals surface area contributed by atoms with Crippen molar-refractivity contribution in [1.82, 2.24) is 4.90 Å². The molecule has 0 aromatic carbocycles. The van der Waals surface area contributed by atoms with Crippen LogP contribution in [-0.4, -0.2) is 46.3 Å². The summed E-state index contributed by atoms with van der Waals surface area (Å²) in [4.78, 5) is 12.9. The van der Waals surface area contributed by atoms with Crippen LogP contribution in [0.5, 0.6) is 0 Å². The van der Waals surface area contributed by atoms with Crippen molar-refractivity contribution >= 4 is 5.97 Å². The van der Waals surface area contributed by atoms with Crippen LogP contribution in [0.25, 0.3) is 0 Å². The first kappa shape index (κ1) is 13.4. The number of rotatable bonds is 6. The average molecular weight is 203 g/mol. The summed E-state index contributed by atoms with van der Waals surface area (Å²) in [6, 6.07) is -0.593. The minimum absolute atomic E-state index is 0.257. The number of carboxylic acid groups (broad SMARTS) is 1. The van der Waals surface area contributed by atoms with Gasteiger partial charge in [-0.15, -0.1) is 0 Å². The molecule has 14 heavy (non-hydrogen) atoms. The zero-order valence-corrected chi connectivity index (χ0v) is 9.40. The van der Waals surface area contributed by atoms with E-state index in [1.54, 1.807) is 13.8 Å². The molecule has 0 spiro atoms. The zero-order valence-electron chi connectivity index (χ0n) is 9.40. The number of likely N-dealkylation sites (N-methyl/N-ethyl adjacent to an activating group) is 1. The summed E-state index contributed by atoms with van der Waals surface area (Å²) >= 11 is 0. The van der Waals surface area contributed by atoms with Crippen molar-refractivity contribution in [2.45, 2.75) is 39.8 Å². The fourth-order valence-corrected chi connectivity index (χ4v) is 1.59. The molecule has 4 heteroatoms. The van der Waals surface area contributed by atoms with Crippen LogP contribution in [0.3, 0.4) is 0 Å². The number of nitrogens with zero attached hydrogens (tertiary/aromatic N) is 1. The van der Waals surface area contributed by atoms with E-state index < -0.39 is 18.1 Å². The summed E-state index contributed by atoms with van der Waals surface area (Å²) in [7, 11) is 0. The van der Waals surface area contributed by atoms with Gasteiger partial charge in [0.05, 0.1) is 6.10 Å². The summed E-state index contributed by atoms with van der Waals surface area (Å²) in [5.74, 6) is -1.12. The lowest BCUT2D eigenvalue weighted by molar-refractivity contribution is -0.147. The number of aliphatic hydroxyl groups excluding tert-OH is 1. The van der Waals surface area contributed by atoms with Crippen LogP contribution in [0.2, 0.25) is 0 Å². The Hall–Kier alpha value is -0.610. The highest BCUT2D eigenvalue weighted by atomic mass is 16.4. The van der Waals surface area contributed by atoms with Gasteiger partial charge in [-0.1, -0.05) is 20.8 Å². The van der Waals surface area contributed by atoms with Crippen LogP contribution in [0.1, 0.15) is 27.7 Å². The molecule has 0 saturated carbocycles. The highest BCUT2D eigenvalue weighted by Crippen LogP contribution is 2.15. The van der Waals surface area contributed by atoms with Crippen LogP contribution in [-0.2, 0) is 4.79 Å². The minimum Gasteiger partial charge on any atom is -0.480 e. The topological polar surface area (TPSA) is 60.8 Å². The highest BCUT2D eigenvalue weighted by molar-refractivity contribution is 5.73. The molecule has 0 aliphatic heterocycles. The van der Waals surface area contributed by atoms with Crippen LogP contribution >= 0.6 is 0 Å². The number of aliphatic carboxylic acids is 1. The van der Waals surface area contributed by atoms with Crippen molar-refractivity contribution in [1.29, 1.82) is 0 Å². The van der Waals surface area contributed by atoms with E-state index in [2.05, 4.69) is 0 Å². The summed E-state index contributed by atoms with van der Waals surface area (Å²) in [6.45, 7) is 8.61. The maximum atomic E-state index is 11.1. The van der Waals surface area contributed by atoms with E-state index in [4.69, 9.17) is 5.11 Å². The Kier molecular flexibility index (Phi) is 5.72. The summed E-state index contributed by atoms with van der Waals surface area (Å²) in [5, 5.41) is 18.5. The summed E-state index contributed by atoms with van der Waals surface area (Å²) < 4.78 is 0. The fourth-order valence-electron chi connectivity index (χ4n) is 1.59. The molecule has 0 bridgehead atoms. The standard InChI is InChI=1S/C10H21NO3/c1-5-11(6-2)9(10(13)14)7(3)8(4)12/h7-9,12H,5-6H2,1-4H3,(H,13,14)/t7-,8-,9-/m0/s1. The third-order valence-corrected chi connectivity index (χ3v) is 2.72. The SMILES string of the molecule is CCN(CC)[C@H](C(=O)O)[C@@H](C)[C@H](C)O. The second-order valence-corrected chi connectivity index (χ2v) is 3.60. The molecule has 84 valence electrons. The summed E-state index contributed by atoms with van der Waals surface area (Å²) in [5.41, 5.74) is 0. The molecule has 0 aromatic rings. The van der Waals surface area contributed by atoms with Crippen molar-refractivity contribution in [2.24, 2.45) is 5.92 Å². The van der Waals surface area contributed by atoms with Gasteiger partial charge < -0.3 is 10.2 Å². The average Bonchev–Trinajstić information content (AvgIpc) is 2.12. The van der Waals surface area contributed by atoms with Crippen molar-refractivity contribution in [3.63, 3.8) is 0 Å². The predicted molar refractivity (Wildman–Crippen MR) is 55.2 cm³/mol. The molecule has 0 rings (SSSR count). The van der Waals surface area contributed by atoms with E-state index in [0.29, 0.717) is 13.1 Å². The van der Waals surface area contributed by atoms with E-state index >= 15 is 0 Å². The van der Waals surface area contributed by atoms with Gasteiger partial charge in [-0.2, -0.15) is 0 Å². The van der Waals surface area contributed by atoms with Crippen molar-refractivity contribution < 1.29 is 15.0 Å². The lowest BCUT2D eigenvalue weighted by atomic mass is 9.95. The maximum Gasteiger partial charge on any atom is 0.321 e. The molecule has 4 nitrogen and oxygen atoms in total. The molecule has 0 aromatic heterocycles. The second kappa shape index (κ2) is 5.98. The molecule has 0 aliphatic rings. The molecule has 0 aliphatic carbocycles. The Balaban J connectivity index is 4.65. The molecule has 0 heterocycles. The predicted octanol–water partition coefficient (Wildman–Crippen LogP) is 0.798. The second-order valence-electron chi connectivity index (χ2n) is 3.60. The van der Waals surface area contributed by atoms with Gasteiger partial charge in [0, 0.05) is 5.92 Å². The minimum atomic E-state index is -0.859. The van der Waals surface area contributed by atoms with Gasteiger partial charge in [0.2, 0.25) is 0 Å². The van der Waals surface area contributed by atoms with Gasteiger partial charge in [-0.3, -0.25) is 9.69 Å². The van der Waals surface area contributed by atoms with Crippen LogP contribution in [0, 0.1) is 5.92 Å². The van der Waals surface area contributed by atoms with Gasteiger partial charge in [0.25, 0.3) is 0 Å². The first-order valence-electron chi connectivity index (χ1n) is 5.10. The Labute approximate surface area is 85.5 Å². The molecule has 0 fully saturated rings. The number of carbonyl (C=O) groups is 1. The molecular weight excluding hydrogens is 182 g/mol. The largest absolute Gasteiger partial charge is 0.480 e. The van der Waals surface area contributed by atoms with Crippen molar-refractivity contribution in [2.75, 3.05) is 13.1 Å². The number of hydrogen-bond acceptors (Lipinski definition) is 3. The van der Waals surface area contributed by atoms with Gasteiger partial charge in [0.15, 0.2) is 0 Å². The zero-order chi connectivity index (χ0) is 11.3. The van der Waals surface area contributed by atoms with E-state index in [1.807, 2.05) is 18.7 Å². The number of aliphatic hydroxyl groups is 1. The van der Waals surface area contributed by atoms with E-state index in [-0.39, 0.29) is 5.92 Å². The van der Waals surface area contributed by atoms with Gasteiger partial charge in [0.1, 0.15) is 6.04 Å². The summed E-state index contributed by atoms with van der Waals surface area (Å²) in [6.07, 6.45) is -0.600. The van der Waals surface area contributed by atoms with Gasteiger partial charge in [-0.05, 0) is 20.0 Å². The number of hydrogen-bond donors (Lipinski definition) is 2. The van der Waals surface area contributed by atoms with Crippen LogP contribution in [0.15, 0.2) is 0 Å². The Bertz CT molecular complexity index is 176. The Morgan fingerprint density at radius 3 is 1.93 bits per heavy atom. The molecular formula is C10H21NO3. The normalized spacial score (nSPS) is 17.9. The third-order valence-electron chi connectivity index (χ3n) is 2.72. The smallest absolute Gasteiger partial charge is 0.321 e. The maximum absolute atomic E-state index is 11.1. The lowest BCUT2D eigenvalue weighted by Crippen LogP contribution is -2.48. The molecule has 3 atom stereocenters. The van der Waals surface area contributed by atoms with Crippen molar-refractivity contribution in [3.8, 4) is 0 Å². The quantitative estimate of drug-likeness (QED) is 0.670. The van der Waals surface area contributed by atoms with E-state index in [1.165, 1.54) is 0 Å². The van der Waals surface area contributed by atoms with E-state index in [9.17, 15) is 9.90 Å². The van der Waals surface area contributed by atoms with Crippen LogP contribution < -0.4 is 0 Å². The van der Waals surface area contributed by atoms with Gasteiger partial charge >= 0.3 is 5.97 Å². The first-order chi connectivity index (χ1) is 6.45. The van der Waals surface area contributed by atoms with E-state index in [0.717, 1.165) is 0 Å². The van der Waals surface area contributed by atoms with Crippen molar-refractivity contribution in [3.05, 3.63) is 0 Å². The fraction of sp³-hybridized carbons (Fsp3) is 0.900. The molecule has 0 saturated heterocycles. The first-order valence-corrected chi connectivity index (χ1v) is 5.10. The molecule has 2 N–H and O–H groups in total. The third kappa shape index (κ3) is 3.27. The molecule has 0 amide bonds. The highest BCUT2D eigenvalue weighted by Gasteiger charge is 2.31. The Morgan fingerprint density at radius 2 is 1.71 bits per heavy atom. The van der Waals surface area contributed by atoms with Gasteiger partial charge in [-0.25, -0.2) is 0 Å². The molecule has 0 radical (unpaired) electrons. The lowest BCUT2D eigenvalue weighted by Gasteiger charge is -2.32. The van der Waals surface area contributed by atoms with Crippen LogP contribution in [0.4, 0.5) is 0 Å². The molecule has 0 unspecified atom stereocenters.